The first-order valence-electron chi connectivity index (χ1n) is 7.16. The summed E-state index contributed by atoms with van der Waals surface area (Å²) in [7, 11) is 0. The van der Waals surface area contributed by atoms with Crippen LogP contribution >= 0.6 is 0 Å². The van der Waals surface area contributed by atoms with E-state index < -0.39 is 0 Å². The summed E-state index contributed by atoms with van der Waals surface area (Å²) in [5.41, 5.74) is 10.0. The smallest absolute Gasteiger partial charge is 0.159 e. The normalized spacial score (nSPS) is 14.3. The van der Waals surface area contributed by atoms with E-state index in [0.717, 1.165) is 29.3 Å². The Morgan fingerprint density at radius 3 is 2.90 bits per heavy atom. The van der Waals surface area contributed by atoms with Crippen LogP contribution in [0.3, 0.4) is 0 Å². The van der Waals surface area contributed by atoms with Gasteiger partial charge < -0.3 is 11.1 Å². The number of benzene rings is 1. The van der Waals surface area contributed by atoms with Gasteiger partial charge in [0.05, 0.1) is 17.6 Å². The van der Waals surface area contributed by atoms with E-state index in [0.29, 0.717) is 12.5 Å². The fourth-order valence-corrected chi connectivity index (χ4v) is 2.33. The standard InChI is InChI=1S/C16H20N4/c1-11-3-2-4-13(9-11)16-19-10-14(18-8-7-17)15(20-16)12-5-6-12/h2-4,9-10,12,18H,5-8,17H2,1H3. The van der Waals surface area contributed by atoms with Crippen molar-refractivity contribution in [3.63, 3.8) is 0 Å². The van der Waals surface area contributed by atoms with Gasteiger partial charge >= 0.3 is 0 Å². The van der Waals surface area contributed by atoms with Crippen molar-refractivity contribution in [1.29, 1.82) is 0 Å². The predicted molar refractivity (Wildman–Crippen MR) is 81.7 cm³/mol. The van der Waals surface area contributed by atoms with Crippen molar-refractivity contribution in [2.75, 3.05) is 18.4 Å². The fourth-order valence-electron chi connectivity index (χ4n) is 2.33. The lowest BCUT2D eigenvalue weighted by Gasteiger charge is -2.11. The monoisotopic (exact) mass is 268 g/mol. The zero-order valence-electron chi connectivity index (χ0n) is 11.8. The summed E-state index contributed by atoms with van der Waals surface area (Å²) in [6.07, 6.45) is 4.34. The number of rotatable bonds is 5. The Kier molecular flexibility index (Phi) is 3.65. The molecule has 1 aromatic heterocycles. The van der Waals surface area contributed by atoms with Gasteiger partial charge in [0, 0.05) is 24.6 Å². The van der Waals surface area contributed by atoms with Crippen LogP contribution < -0.4 is 11.1 Å². The van der Waals surface area contributed by atoms with E-state index in [1.807, 2.05) is 12.3 Å². The molecule has 1 aliphatic carbocycles. The minimum absolute atomic E-state index is 0.585. The summed E-state index contributed by atoms with van der Waals surface area (Å²) in [5, 5.41) is 3.32. The zero-order chi connectivity index (χ0) is 13.9. The van der Waals surface area contributed by atoms with E-state index in [4.69, 9.17) is 10.7 Å². The molecule has 1 fully saturated rings. The summed E-state index contributed by atoms with van der Waals surface area (Å²) in [4.78, 5) is 9.28. The second-order valence-corrected chi connectivity index (χ2v) is 5.35. The predicted octanol–water partition coefficient (Wildman–Crippen LogP) is 2.70. The first-order chi connectivity index (χ1) is 9.78. The third kappa shape index (κ3) is 2.80. The van der Waals surface area contributed by atoms with Crippen LogP contribution in [0.4, 0.5) is 5.69 Å². The Hall–Kier alpha value is -1.94. The molecule has 1 saturated carbocycles. The van der Waals surface area contributed by atoms with Crippen molar-refractivity contribution in [2.24, 2.45) is 5.73 Å². The van der Waals surface area contributed by atoms with Crippen LogP contribution in [0.2, 0.25) is 0 Å². The molecular weight excluding hydrogens is 248 g/mol. The Bertz CT molecular complexity index is 605. The van der Waals surface area contributed by atoms with Gasteiger partial charge in [-0.05, 0) is 25.8 Å². The Morgan fingerprint density at radius 1 is 1.35 bits per heavy atom. The van der Waals surface area contributed by atoms with Gasteiger partial charge in [0.2, 0.25) is 0 Å². The highest BCUT2D eigenvalue weighted by molar-refractivity contribution is 5.59. The Labute approximate surface area is 119 Å². The quantitative estimate of drug-likeness (QED) is 0.875. The second kappa shape index (κ2) is 5.59. The molecule has 1 aromatic carbocycles. The van der Waals surface area contributed by atoms with Gasteiger partial charge in [0.25, 0.3) is 0 Å². The van der Waals surface area contributed by atoms with Crippen LogP contribution in [0.5, 0.6) is 0 Å². The first-order valence-corrected chi connectivity index (χ1v) is 7.16. The van der Waals surface area contributed by atoms with Crippen LogP contribution in [0.25, 0.3) is 11.4 Å². The van der Waals surface area contributed by atoms with Crippen LogP contribution in [0.15, 0.2) is 30.5 Å². The molecule has 0 aliphatic heterocycles. The topological polar surface area (TPSA) is 63.8 Å². The summed E-state index contributed by atoms with van der Waals surface area (Å²) >= 11 is 0. The summed E-state index contributed by atoms with van der Waals surface area (Å²) < 4.78 is 0. The van der Waals surface area contributed by atoms with E-state index in [1.165, 1.54) is 18.4 Å². The fraction of sp³-hybridized carbons (Fsp3) is 0.375. The van der Waals surface area contributed by atoms with Crippen molar-refractivity contribution in [3.8, 4) is 11.4 Å². The maximum Gasteiger partial charge on any atom is 0.159 e. The summed E-state index contributed by atoms with van der Waals surface area (Å²) in [6, 6.07) is 8.32. The molecule has 104 valence electrons. The van der Waals surface area contributed by atoms with Gasteiger partial charge in [-0.15, -0.1) is 0 Å². The lowest BCUT2D eigenvalue weighted by molar-refractivity contribution is 0.964. The highest BCUT2D eigenvalue weighted by Gasteiger charge is 2.28. The SMILES string of the molecule is Cc1cccc(-c2ncc(NCCN)c(C3CC3)n2)c1. The molecule has 20 heavy (non-hydrogen) atoms. The van der Waals surface area contributed by atoms with Gasteiger partial charge in [0.15, 0.2) is 5.82 Å². The molecule has 3 N–H and O–H groups in total. The lowest BCUT2D eigenvalue weighted by Crippen LogP contribution is -2.15. The Morgan fingerprint density at radius 2 is 2.20 bits per heavy atom. The van der Waals surface area contributed by atoms with E-state index >= 15 is 0 Å². The molecule has 3 rings (SSSR count). The third-order valence-electron chi connectivity index (χ3n) is 3.52. The number of hydrogen-bond donors (Lipinski definition) is 2. The van der Waals surface area contributed by atoms with Crippen molar-refractivity contribution in [2.45, 2.75) is 25.7 Å². The van der Waals surface area contributed by atoms with Crippen LogP contribution in [0, 0.1) is 6.92 Å². The molecule has 0 bridgehead atoms. The number of hydrogen-bond acceptors (Lipinski definition) is 4. The van der Waals surface area contributed by atoms with Crippen LogP contribution in [-0.2, 0) is 0 Å². The summed E-state index contributed by atoms with van der Waals surface area (Å²) in [6.45, 7) is 3.46. The van der Waals surface area contributed by atoms with Gasteiger partial charge in [-0.25, -0.2) is 9.97 Å². The average Bonchev–Trinajstić information content (AvgIpc) is 3.29. The molecule has 1 aliphatic rings. The third-order valence-corrected chi connectivity index (χ3v) is 3.52. The van der Waals surface area contributed by atoms with Crippen LogP contribution in [0.1, 0.15) is 30.0 Å². The largest absolute Gasteiger partial charge is 0.381 e. The van der Waals surface area contributed by atoms with Crippen molar-refractivity contribution < 1.29 is 0 Å². The molecular formula is C16H20N4. The highest BCUT2D eigenvalue weighted by atomic mass is 15.0. The molecule has 0 atom stereocenters. The summed E-state index contributed by atoms with van der Waals surface area (Å²) in [5.74, 6) is 1.40. The van der Waals surface area contributed by atoms with E-state index in [9.17, 15) is 0 Å². The molecule has 0 amide bonds. The van der Waals surface area contributed by atoms with E-state index in [1.54, 1.807) is 0 Å². The van der Waals surface area contributed by atoms with Gasteiger partial charge in [-0.3, -0.25) is 0 Å². The molecule has 2 aromatic rings. The first kappa shape index (κ1) is 13.1. The maximum atomic E-state index is 5.55. The van der Waals surface area contributed by atoms with Crippen molar-refractivity contribution in [1.82, 2.24) is 9.97 Å². The van der Waals surface area contributed by atoms with E-state index in [2.05, 4.69) is 35.4 Å². The Balaban J connectivity index is 1.95. The molecule has 1 heterocycles. The number of aryl methyl sites for hydroxylation is 1. The van der Waals surface area contributed by atoms with Crippen LogP contribution in [-0.4, -0.2) is 23.1 Å². The minimum Gasteiger partial charge on any atom is -0.381 e. The van der Waals surface area contributed by atoms with Gasteiger partial charge in [-0.2, -0.15) is 0 Å². The van der Waals surface area contributed by atoms with Crippen molar-refractivity contribution in [3.05, 3.63) is 41.7 Å². The van der Waals surface area contributed by atoms with Crippen molar-refractivity contribution >= 4 is 5.69 Å². The number of nitrogens with one attached hydrogen (secondary N) is 1. The maximum absolute atomic E-state index is 5.55. The molecule has 0 radical (unpaired) electrons. The number of nitrogens with two attached hydrogens (primary N) is 1. The number of aromatic nitrogens is 2. The molecule has 0 unspecified atom stereocenters. The van der Waals surface area contributed by atoms with E-state index in [-0.39, 0.29) is 0 Å². The second-order valence-electron chi connectivity index (χ2n) is 5.35. The molecule has 4 nitrogen and oxygen atoms in total. The van der Waals surface area contributed by atoms with Gasteiger partial charge in [0.1, 0.15) is 0 Å². The molecule has 4 heteroatoms. The lowest BCUT2D eigenvalue weighted by atomic mass is 10.1. The van der Waals surface area contributed by atoms with Gasteiger partial charge in [-0.1, -0.05) is 23.8 Å². The zero-order valence-corrected chi connectivity index (χ0v) is 11.8. The average molecular weight is 268 g/mol. The highest BCUT2D eigenvalue weighted by Crippen LogP contribution is 2.42. The molecule has 0 spiro atoms. The minimum atomic E-state index is 0.585. The number of anilines is 1. The number of nitrogens with zero attached hydrogens (tertiary/aromatic N) is 2. The molecule has 0 saturated heterocycles.